The van der Waals surface area contributed by atoms with Gasteiger partial charge in [-0.05, 0) is 49.9 Å². The highest BCUT2D eigenvalue weighted by atomic mass is 35.5. The minimum Gasteiger partial charge on any atom is -0.383 e. The van der Waals surface area contributed by atoms with Crippen molar-refractivity contribution < 1.29 is 9.13 Å². The summed E-state index contributed by atoms with van der Waals surface area (Å²) in [5, 5.41) is 3.82. The molecule has 0 aliphatic heterocycles. The van der Waals surface area contributed by atoms with Crippen molar-refractivity contribution in [1.82, 2.24) is 5.32 Å². The Labute approximate surface area is 113 Å². The van der Waals surface area contributed by atoms with Gasteiger partial charge >= 0.3 is 0 Å². The van der Waals surface area contributed by atoms with Gasteiger partial charge in [-0.2, -0.15) is 0 Å². The molecular formula is C14H21ClFNO. The maximum Gasteiger partial charge on any atom is 0.127 e. The summed E-state index contributed by atoms with van der Waals surface area (Å²) in [5.74, 6) is -0.231. The summed E-state index contributed by atoms with van der Waals surface area (Å²) in [6.45, 7) is 4.36. The van der Waals surface area contributed by atoms with Crippen LogP contribution in [0.5, 0.6) is 0 Å². The van der Waals surface area contributed by atoms with Gasteiger partial charge in [-0.3, -0.25) is 0 Å². The normalized spacial score (nSPS) is 10.9. The lowest BCUT2D eigenvalue weighted by Crippen LogP contribution is -2.20. The third-order valence-corrected chi connectivity index (χ3v) is 3.21. The average Bonchev–Trinajstić information content (AvgIpc) is 2.34. The fourth-order valence-corrected chi connectivity index (χ4v) is 2.02. The topological polar surface area (TPSA) is 21.3 Å². The molecule has 4 heteroatoms. The molecule has 0 radical (unpaired) electrons. The van der Waals surface area contributed by atoms with E-state index in [1.54, 1.807) is 14.0 Å². The van der Waals surface area contributed by atoms with E-state index in [1.807, 2.05) is 6.07 Å². The number of unbranched alkanes of at least 4 members (excludes halogenated alkanes) is 1. The number of nitrogens with one attached hydrogen (secondary N) is 1. The van der Waals surface area contributed by atoms with Gasteiger partial charge in [0.25, 0.3) is 0 Å². The Bertz CT molecular complexity index is 371. The van der Waals surface area contributed by atoms with Crippen molar-refractivity contribution in [2.45, 2.75) is 26.2 Å². The predicted molar refractivity (Wildman–Crippen MR) is 73.8 cm³/mol. The van der Waals surface area contributed by atoms with Gasteiger partial charge < -0.3 is 10.1 Å². The van der Waals surface area contributed by atoms with E-state index < -0.39 is 0 Å². The zero-order chi connectivity index (χ0) is 13.4. The molecule has 0 saturated heterocycles. The van der Waals surface area contributed by atoms with Gasteiger partial charge in [0.2, 0.25) is 0 Å². The minimum atomic E-state index is -0.231. The monoisotopic (exact) mass is 273 g/mol. The number of hydrogen-bond acceptors (Lipinski definition) is 2. The third kappa shape index (κ3) is 5.34. The number of methoxy groups -OCH3 is 1. The Morgan fingerprint density at radius 1 is 1.28 bits per heavy atom. The molecule has 0 bridgehead atoms. The van der Waals surface area contributed by atoms with Gasteiger partial charge in [0.05, 0.1) is 6.61 Å². The molecule has 0 aromatic heterocycles. The fraction of sp³-hybridized carbons (Fsp3) is 0.571. The predicted octanol–water partition coefficient (Wildman–Crippen LogP) is 3.35. The van der Waals surface area contributed by atoms with Crippen LogP contribution in [0.2, 0.25) is 5.02 Å². The van der Waals surface area contributed by atoms with Crippen LogP contribution in [0.1, 0.15) is 24.0 Å². The lowest BCUT2D eigenvalue weighted by molar-refractivity contribution is 0.199. The maximum atomic E-state index is 13.2. The summed E-state index contributed by atoms with van der Waals surface area (Å²) in [5.41, 5.74) is 1.69. The standard InChI is InChI=1S/C14H21ClFNO/c1-11-9-12(13(15)10-14(11)16)5-3-4-6-17-7-8-18-2/h9-10,17H,3-8H2,1-2H3. The summed E-state index contributed by atoms with van der Waals surface area (Å²) >= 11 is 6.01. The van der Waals surface area contributed by atoms with Crippen molar-refractivity contribution in [2.75, 3.05) is 26.8 Å². The van der Waals surface area contributed by atoms with Crippen molar-refractivity contribution in [3.05, 3.63) is 34.1 Å². The van der Waals surface area contributed by atoms with E-state index >= 15 is 0 Å². The molecule has 1 aromatic rings. The smallest absolute Gasteiger partial charge is 0.127 e. The Hall–Kier alpha value is -0.640. The first-order chi connectivity index (χ1) is 8.65. The highest BCUT2D eigenvalue weighted by Gasteiger charge is 2.05. The number of ether oxygens (including phenoxy) is 1. The molecular weight excluding hydrogens is 253 g/mol. The van der Waals surface area contributed by atoms with Crippen molar-refractivity contribution >= 4 is 11.6 Å². The molecule has 0 aliphatic rings. The minimum absolute atomic E-state index is 0.231. The van der Waals surface area contributed by atoms with Gasteiger partial charge in [-0.25, -0.2) is 4.39 Å². The fourth-order valence-electron chi connectivity index (χ4n) is 1.77. The molecule has 0 amide bonds. The van der Waals surface area contributed by atoms with Gasteiger partial charge in [0, 0.05) is 18.7 Å². The summed E-state index contributed by atoms with van der Waals surface area (Å²) in [7, 11) is 1.69. The molecule has 18 heavy (non-hydrogen) atoms. The van der Waals surface area contributed by atoms with Crippen LogP contribution in [0, 0.1) is 12.7 Å². The first-order valence-electron chi connectivity index (χ1n) is 6.29. The molecule has 0 heterocycles. The molecule has 0 saturated carbocycles. The van der Waals surface area contributed by atoms with Crippen LogP contribution in [-0.2, 0) is 11.2 Å². The summed E-state index contributed by atoms with van der Waals surface area (Å²) in [4.78, 5) is 0. The van der Waals surface area contributed by atoms with Gasteiger partial charge in [-0.1, -0.05) is 17.7 Å². The zero-order valence-electron chi connectivity index (χ0n) is 11.1. The van der Waals surface area contributed by atoms with Gasteiger partial charge in [0.15, 0.2) is 0 Å². The second-order valence-electron chi connectivity index (χ2n) is 4.39. The van der Waals surface area contributed by atoms with E-state index in [4.69, 9.17) is 16.3 Å². The summed E-state index contributed by atoms with van der Waals surface area (Å²) in [6, 6.07) is 3.25. The Morgan fingerprint density at radius 3 is 2.78 bits per heavy atom. The quantitative estimate of drug-likeness (QED) is 0.734. The molecule has 0 unspecified atom stereocenters. The Kier molecular flexibility index (Phi) is 7.25. The number of hydrogen-bond donors (Lipinski definition) is 1. The van der Waals surface area contributed by atoms with Crippen LogP contribution in [-0.4, -0.2) is 26.8 Å². The lowest BCUT2D eigenvalue weighted by Gasteiger charge is -2.07. The number of benzene rings is 1. The summed E-state index contributed by atoms with van der Waals surface area (Å²) < 4.78 is 18.2. The first kappa shape index (κ1) is 15.4. The molecule has 1 N–H and O–H groups in total. The molecule has 1 rings (SSSR count). The number of rotatable bonds is 8. The summed E-state index contributed by atoms with van der Waals surface area (Å²) in [6.07, 6.45) is 3.02. The highest BCUT2D eigenvalue weighted by Crippen LogP contribution is 2.21. The first-order valence-corrected chi connectivity index (χ1v) is 6.67. The maximum absolute atomic E-state index is 13.2. The van der Waals surface area contributed by atoms with E-state index in [0.717, 1.165) is 44.5 Å². The Morgan fingerprint density at radius 2 is 2.06 bits per heavy atom. The van der Waals surface area contributed by atoms with E-state index in [2.05, 4.69) is 5.32 Å². The largest absolute Gasteiger partial charge is 0.383 e. The van der Waals surface area contributed by atoms with Gasteiger partial charge in [-0.15, -0.1) is 0 Å². The van der Waals surface area contributed by atoms with Crippen LogP contribution in [0.15, 0.2) is 12.1 Å². The van der Waals surface area contributed by atoms with E-state index in [1.165, 1.54) is 6.07 Å². The van der Waals surface area contributed by atoms with Crippen molar-refractivity contribution in [2.24, 2.45) is 0 Å². The molecule has 0 spiro atoms. The molecule has 0 atom stereocenters. The molecule has 102 valence electrons. The van der Waals surface area contributed by atoms with Crippen molar-refractivity contribution in [3.63, 3.8) is 0 Å². The lowest BCUT2D eigenvalue weighted by atomic mass is 10.1. The second-order valence-corrected chi connectivity index (χ2v) is 4.80. The number of halogens is 2. The molecule has 0 aliphatic carbocycles. The number of aryl methyl sites for hydroxylation is 2. The SMILES string of the molecule is COCCNCCCCc1cc(C)c(F)cc1Cl. The molecule has 1 aromatic carbocycles. The van der Waals surface area contributed by atoms with Gasteiger partial charge in [0.1, 0.15) is 5.82 Å². The van der Waals surface area contributed by atoms with Crippen LogP contribution >= 0.6 is 11.6 Å². The van der Waals surface area contributed by atoms with E-state index in [0.29, 0.717) is 10.6 Å². The third-order valence-electron chi connectivity index (χ3n) is 2.86. The van der Waals surface area contributed by atoms with E-state index in [9.17, 15) is 4.39 Å². The zero-order valence-corrected chi connectivity index (χ0v) is 11.8. The second kappa shape index (κ2) is 8.46. The highest BCUT2D eigenvalue weighted by molar-refractivity contribution is 6.31. The van der Waals surface area contributed by atoms with Crippen molar-refractivity contribution in [1.29, 1.82) is 0 Å². The van der Waals surface area contributed by atoms with Crippen LogP contribution in [0.3, 0.4) is 0 Å². The molecule has 0 fully saturated rings. The Balaban J connectivity index is 2.25. The van der Waals surface area contributed by atoms with Crippen LogP contribution < -0.4 is 5.32 Å². The van der Waals surface area contributed by atoms with Crippen molar-refractivity contribution in [3.8, 4) is 0 Å². The molecule has 2 nitrogen and oxygen atoms in total. The average molecular weight is 274 g/mol. The van der Waals surface area contributed by atoms with Crippen LogP contribution in [0.4, 0.5) is 4.39 Å². The van der Waals surface area contributed by atoms with E-state index in [-0.39, 0.29) is 5.82 Å². The van der Waals surface area contributed by atoms with Crippen LogP contribution in [0.25, 0.3) is 0 Å².